The number of hydrogen-bond acceptors (Lipinski definition) is 4. The lowest BCUT2D eigenvalue weighted by Gasteiger charge is -1.87. The molecule has 0 aliphatic rings. The van der Waals surface area contributed by atoms with E-state index in [0.717, 1.165) is 14.2 Å². The minimum Gasteiger partial charge on any atom is -0.400 e. The van der Waals surface area contributed by atoms with E-state index >= 15 is 0 Å². The predicted molar refractivity (Wildman–Crippen MR) is 64.6 cm³/mol. The van der Waals surface area contributed by atoms with Crippen LogP contribution in [0.3, 0.4) is 0 Å². The number of aliphatic hydroxyl groups is 2. The molecule has 0 saturated heterocycles. The smallest absolute Gasteiger partial charge is 0.145 e. The van der Waals surface area contributed by atoms with Gasteiger partial charge in [-0.15, -0.1) is 0 Å². The second-order valence-electron chi connectivity index (χ2n) is 1.40. The fourth-order valence-electron chi connectivity index (χ4n) is 0.118. The van der Waals surface area contributed by atoms with Gasteiger partial charge in [-0.3, -0.25) is 0 Å². The molecule has 0 bridgehead atoms. The lowest BCUT2D eigenvalue weighted by molar-refractivity contribution is -0.00271. The lowest BCUT2D eigenvalue weighted by atomic mass is 10.6. The summed E-state index contributed by atoms with van der Waals surface area (Å²) in [5, 5.41) is 14.0. The van der Waals surface area contributed by atoms with Gasteiger partial charge in [-0.2, -0.15) is 0 Å². The highest BCUT2D eigenvalue weighted by Crippen LogP contribution is 1.60. The molecule has 4 nitrogen and oxygen atoms in total. The molecule has 14 heavy (non-hydrogen) atoms. The van der Waals surface area contributed by atoms with E-state index in [1.165, 1.54) is 6.42 Å². The van der Waals surface area contributed by atoms with Gasteiger partial charge in [0.1, 0.15) is 6.79 Å². The van der Waals surface area contributed by atoms with Crippen molar-refractivity contribution in [3.05, 3.63) is 0 Å². The van der Waals surface area contributed by atoms with E-state index in [2.05, 4.69) is 23.3 Å². The average molecular weight is 216 g/mol. The van der Waals surface area contributed by atoms with Crippen molar-refractivity contribution >= 4 is 0 Å². The maximum absolute atomic E-state index is 7.00. The van der Waals surface area contributed by atoms with Crippen LogP contribution < -0.4 is 0 Å². The number of methoxy groups -OCH3 is 2. The zero-order valence-electron chi connectivity index (χ0n) is 9.13. The van der Waals surface area contributed by atoms with E-state index in [4.69, 9.17) is 10.2 Å². The van der Waals surface area contributed by atoms with E-state index in [9.17, 15) is 0 Å². The summed E-state index contributed by atoms with van der Waals surface area (Å²) in [6.45, 7) is 4.64. The van der Waals surface area contributed by atoms with Gasteiger partial charge in [-0.05, 0) is 0 Å². The van der Waals surface area contributed by atoms with Crippen LogP contribution in [0.4, 0.5) is 0 Å². The second-order valence-corrected chi connectivity index (χ2v) is 1.40. The van der Waals surface area contributed by atoms with E-state index in [1.807, 2.05) is 0 Å². The largest absolute Gasteiger partial charge is 0.400 e. The number of ether oxygens (including phenoxy) is 2. The Kier molecular flexibility index (Phi) is 324. The first-order valence-electron chi connectivity index (χ1n) is 3.70. The Bertz CT molecular complexity index is 26.1. The molecule has 2 N–H and O–H groups in total. The molecular weight excluding hydrogens is 184 g/mol. The number of aliphatic hydroxyl groups excluding tert-OH is 2. The van der Waals surface area contributed by atoms with Gasteiger partial charge in [0.2, 0.25) is 0 Å². The average Bonchev–Trinajstić information content (AvgIpc) is 2.14. The topological polar surface area (TPSA) is 58.9 Å². The van der Waals surface area contributed by atoms with Gasteiger partial charge >= 0.3 is 0 Å². The van der Waals surface area contributed by atoms with E-state index < -0.39 is 0 Å². The first kappa shape index (κ1) is 37.1. The van der Waals surface area contributed by atoms with Gasteiger partial charge in [0.05, 0.1) is 0 Å². The third-order valence-corrected chi connectivity index (χ3v) is 0.236. The van der Waals surface area contributed by atoms with Gasteiger partial charge in [-0.1, -0.05) is 35.1 Å². The highest BCUT2D eigenvalue weighted by atomic mass is 16.6. The summed E-state index contributed by atoms with van der Waals surface area (Å²) >= 11 is 0. The van der Waals surface area contributed by atoms with Gasteiger partial charge < -0.3 is 19.7 Å². The number of rotatable bonds is 2. The van der Waals surface area contributed by atoms with Crippen molar-refractivity contribution in [1.82, 2.24) is 0 Å². The second kappa shape index (κ2) is 122. The van der Waals surface area contributed by atoms with Gasteiger partial charge in [0.15, 0.2) is 0 Å². The van der Waals surface area contributed by atoms with Gasteiger partial charge in [0.25, 0.3) is 0 Å². The van der Waals surface area contributed by atoms with Gasteiger partial charge in [0, 0.05) is 28.4 Å². The SMILES string of the molecule is C.C.CCC.CO.CO.COCOC. The molecule has 0 heterocycles. The van der Waals surface area contributed by atoms with Crippen LogP contribution in [0.15, 0.2) is 0 Å². The fraction of sp³-hybridized carbons (Fsp3) is 1.00. The van der Waals surface area contributed by atoms with Crippen molar-refractivity contribution in [2.45, 2.75) is 35.1 Å². The molecule has 0 spiro atoms. The first-order chi connectivity index (χ1) is 5.83. The van der Waals surface area contributed by atoms with Crippen LogP contribution in [0.2, 0.25) is 0 Å². The maximum Gasteiger partial charge on any atom is 0.145 e. The van der Waals surface area contributed by atoms with Crippen LogP contribution in [0.25, 0.3) is 0 Å². The van der Waals surface area contributed by atoms with E-state index in [-0.39, 0.29) is 14.9 Å². The molecule has 0 aliphatic heterocycles. The van der Waals surface area contributed by atoms with Crippen LogP contribution in [0.1, 0.15) is 35.1 Å². The van der Waals surface area contributed by atoms with Crippen LogP contribution in [-0.2, 0) is 9.47 Å². The zero-order chi connectivity index (χ0) is 10.8. The Balaban J connectivity index is -0.0000000159. The summed E-state index contributed by atoms with van der Waals surface area (Å²) in [5.41, 5.74) is 0. The lowest BCUT2D eigenvalue weighted by Crippen LogP contribution is -1.87. The highest BCUT2D eigenvalue weighted by molar-refractivity contribution is 3.92. The molecule has 0 aliphatic carbocycles. The molecule has 0 saturated carbocycles. The molecule has 0 unspecified atom stereocenters. The normalized spacial score (nSPS) is 5.14. The van der Waals surface area contributed by atoms with Crippen LogP contribution in [0.5, 0.6) is 0 Å². The summed E-state index contributed by atoms with van der Waals surface area (Å²) in [6.07, 6.45) is 1.25. The standard InChI is InChI=1S/C3H8O2.C3H8.2CH4O.2CH4/c1-4-3-5-2;1-3-2;2*1-2;;/h3H2,1-2H3;3H2,1-2H3;2*2H,1H3;2*1H4. The Hall–Kier alpha value is -0.160. The van der Waals surface area contributed by atoms with Gasteiger partial charge in [-0.25, -0.2) is 0 Å². The summed E-state index contributed by atoms with van der Waals surface area (Å²) in [6, 6.07) is 0. The van der Waals surface area contributed by atoms with E-state index in [1.54, 1.807) is 14.2 Å². The third-order valence-electron chi connectivity index (χ3n) is 0.236. The minimum absolute atomic E-state index is 0. The molecule has 0 aromatic rings. The zero-order valence-corrected chi connectivity index (χ0v) is 9.13. The molecule has 96 valence electrons. The molecule has 4 heteroatoms. The molecule has 0 fully saturated rings. The monoisotopic (exact) mass is 216 g/mol. The highest BCUT2D eigenvalue weighted by Gasteiger charge is 1.63. The van der Waals surface area contributed by atoms with Crippen molar-refractivity contribution < 1.29 is 19.7 Å². The fourth-order valence-corrected chi connectivity index (χ4v) is 0.118. The quantitative estimate of drug-likeness (QED) is 0.694. The van der Waals surface area contributed by atoms with Crippen molar-refractivity contribution in [1.29, 1.82) is 0 Å². The Morgan fingerprint density at radius 1 is 0.786 bits per heavy atom. The summed E-state index contributed by atoms with van der Waals surface area (Å²) in [7, 11) is 5.17. The van der Waals surface area contributed by atoms with Crippen molar-refractivity contribution in [3.8, 4) is 0 Å². The van der Waals surface area contributed by atoms with Crippen molar-refractivity contribution in [3.63, 3.8) is 0 Å². The third kappa shape index (κ3) is 411. The van der Waals surface area contributed by atoms with Crippen LogP contribution >= 0.6 is 0 Å². The Morgan fingerprint density at radius 2 is 0.929 bits per heavy atom. The minimum atomic E-state index is 0. The molecular formula is C10H32O4. The summed E-state index contributed by atoms with van der Waals surface area (Å²) in [5.74, 6) is 0. The molecule has 0 rings (SSSR count). The molecule has 0 atom stereocenters. The molecule has 0 aromatic heterocycles. The summed E-state index contributed by atoms with van der Waals surface area (Å²) in [4.78, 5) is 0. The molecule has 0 aromatic carbocycles. The molecule has 0 radical (unpaired) electrons. The first-order valence-corrected chi connectivity index (χ1v) is 3.70. The van der Waals surface area contributed by atoms with Crippen molar-refractivity contribution in [2.24, 2.45) is 0 Å². The Labute approximate surface area is 90.9 Å². The predicted octanol–water partition coefficient (Wildman–Crippen LogP) is 2.14. The van der Waals surface area contributed by atoms with E-state index in [0.29, 0.717) is 6.79 Å². The van der Waals surface area contributed by atoms with Crippen LogP contribution in [-0.4, -0.2) is 45.4 Å². The van der Waals surface area contributed by atoms with Crippen molar-refractivity contribution in [2.75, 3.05) is 35.2 Å². The Morgan fingerprint density at radius 3 is 0.929 bits per heavy atom. The molecule has 0 amide bonds. The maximum atomic E-state index is 7.00. The summed E-state index contributed by atoms with van der Waals surface area (Å²) < 4.78 is 8.94. The van der Waals surface area contributed by atoms with Crippen LogP contribution in [0, 0.1) is 0 Å². The number of hydrogen-bond donors (Lipinski definition) is 2.